The van der Waals surface area contributed by atoms with Gasteiger partial charge >= 0.3 is 12.1 Å². The number of nitrogens with zero attached hydrogens (tertiary/aromatic N) is 2. The zero-order valence-corrected chi connectivity index (χ0v) is 26.1. The van der Waals surface area contributed by atoms with Crippen LogP contribution in [-0.2, 0) is 15.8 Å². The van der Waals surface area contributed by atoms with Crippen LogP contribution in [0.5, 0.6) is 0 Å². The summed E-state index contributed by atoms with van der Waals surface area (Å²) in [6.07, 6.45) is -0.256. The van der Waals surface area contributed by atoms with Crippen molar-refractivity contribution in [2.45, 2.75) is 96.9 Å². The zero-order valence-electron chi connectivity index (χ0n) is 26.1. The van der Waals surface area contributed by atoms with E-state index in [9.17, 15) is 31.9 Å². The first-order chi connectivity index (χ1) is 21.1. The van der Waals surface area contributed by atoms with Gasteiger partial charge in [0.15, 0.2) is 0 Å². The fourth-order valence-electron chi connectivity index (χ4n) is 6.59. The van der Waals surface area contributed by atoms with Gasteiger partial charge in [-0.15, -0.1) is 0 Å². The van der Waals surface area contributed by atoms with Crippen molar-refractivity contribution in [3.63, 3.8) is 0 Å². The summed E-state index contributed by atoms with van der Waals surface area (Å²) in [7, 11) is 0. The first kappa shape index (κ1) is 34.1. The van der Waals surface area contributed by atoms with E-state index in [1.165, 1.54) is 0 Å². The van der Waals surface area contributed by atoms with Gasteiger partial charge in [-0.1, -0.05) is 52.7 Å². The van der Waals surface area contributed by atoms with Gasteiger partial charge < -0.3 is 15.3 Å². The van der Waals surface area contributed by atoms with Gasteiger partial charge in [0.25, 0.3) is 11.8 Å². The average Bonchev–Trinajstić information content (AvgIpc) is 3.26. The standard InChI is InChI=1S/C34H41F4N3O4/c1-5-7-27(21-8-10-22(11-9-21)30(44)39-17-14-28(42)43)41-31(45)29(23-18-25(34(36,37)38)20-26(35)19-23)40-33(41)15-12-24(13-16-33)32(3,4)6-2/h8-11,18-20,24,27H,5-7,12-17H2,1-4H3,(H,39,44)(H,42,43)/t24?,27-,33?/m1/s1. The smallest absolute Gasteiger partial charge is 0.416 e. The lowest BCUT2D eigenvalue weighted by Crippen LogP contribution is -2.51. The van der Waals surface area contributed by atoms with E-state index in [1.807, 2.05) is 6.92 Å². The maximum atomic E-state index is 14.5. The van der Waals surface area contributed by atoms with Crippen molar-refractivity contribution in [1.82, 2.24) is 10.2 Å². The third-order valence-electron chi connectivity index (χ3n) is 9.55. The van der Waals surface area contributed by atoms with Gasteiger partial charge in [-0.3, -0.25) is 19.4 Å². The number of aliphatic imine (C=N–C) groups is 1. The van der Waals surface area contributed by atoms with Crippen LogP contribution < -0.4 is 5.32 Å². The molecule has 0 unspecified atom stereocenters. The van der Waals surface area contributed by atoms with Gasteiger partial charge in [0.1, 0.15) is 17.2 Å². The number of alkyl halides is 3. The van der Waals surface area contributed by atoms with Crippen LogP contribution in [0.15, 0.2) is 47.5 Å². The molecule has 7 nitrogen and oxygen atoms in total. The molecule has 0 saturated heterocycles. The van der Waals surface area contributed by atoms with E-state index in [1.54, 1.807) is 29.2 Å². The van der Waals surface area contributed by atoms with Gasteiger partial charge in [0.05, 0.1) is 18.0 Å². The SMILES string of the molecule is CCC[C@H](c1ccc(C(=O)NCCC(=O)O)cc1)N1C(=O)C(c2cc(F)cc(C(F)(F)F)c2)=NC12CCC(C(C)(C)CC)CC2. The second kappa shape index (κ2) is 13.3. The Morgan fingerprint density at radius 2 is 1.73 bits per heavy atom. The maximum Gasteiger partial charge on any atom is 0.416 e. The fourth-order valence-corrected chi connectivity index (χ4v) is 6.59. The molecule has 2 N–H and O–H groups in total. The molecule has 1 spiro atoms. The molecular formula is C34H41F4N3O4. The number of halogens is 4. The molecule has 1 heterocycles. The van der Waals surface area contributed by atoms with Crippen LogP contribution in [0.25, 0.3) is 0 Å². The number of benzene rings is 2. The molecule has 0 bridgehead atoms. The van der Waals surface area contributed by atoms with Crippen LogP contribution in [0.1, 0.15) is 112 Å². The van der Waals surface area contributed by atoms with Crippen molar-refractivity contribution < 1.29 is 37.1 Å². The molecule has 2 aromatic carbocycles. The number of nitrogens with one attached hydrogen (secondary N) is 1. The summed E-state index contributed by atoms with van der Waals surface area (Å²) in [5.41, 5.74) is -1.46. The van der Waals surface area contributed by atoms with E-state index < -0.39 is 47.0 Å². The molecule has 1 saturated carbocycles. The normalized spacial score (nSPS) is 21.2. The van der Waals surface area contributed by atoms with Gasteiger partial charge in [-0.2, -0.15) is 13.2 Å². The second-order valence-corrected chi connectivity index (χ2v) is 12.8. The van der Waals surface area contributed by atoms with Crippen LogP contribution in [0.3, 0.4) is 0 Å². The molecule has 2 aromatic rings. The number of hydrogen-bond acceptors (Lipinski definition) is 4. The molecule has 1 fully saturated rings. The number of carbonyl (C=O) groups excluding carboxylic acids is 2. The molecule has 1 aliphatic heterocycles. The van der Waals surface area contributed by atoms with Gasteiger partial charge in [-0.05, 0) is 79.3 Å². The Bertz CT molecular complexity index is 1440. The van der Waals surface area contributed by atoms with E-state index in [0.29, 0.717) is 43.2 Å². The molecular weight excluding hydrogens is 590 g/mol. The monoisotopic (exact) mass is 631 g/mol. The van der Waals surface area contributed by atoms with E-state index in [-0.39, 0.29) is 29.7 Å². The number of amides is 2. The minimum absolute atomic E-state index is 0.0226. The van der Waals surface area contributed by atoms with Gasteiger partial charge in [0.2, 0.25) is 0 Å². The molecule has 2 amide bonds. The third kappa shape index (κ3) is 7.39. The van der Waals surface area contributed by atoms with Crippen LogP contribution in [-0.4, -0.2) is 45.7 Å². The summed E-state index contributed by atoms with van der Waals surface area (Å²) in [6.45, 7) is 8.52. The molecule has 1 aliphatic carbocycles. The van der Waals surface area contributed by atoms with E-state index in [2.05, 4.69) is 26.1 Å². The molecule has 0 aromatic heterocycles. The first-order valence-corrected chi connectivity index (χ1v) is 15.5. The Kier molecular flexibility index (Phi) is 10.1. The van der Waals surface area contributed by atoms with Crippen molar-refractivity contribution >= 4 is 23.5 Å². The summed E-state index contributed by atoms with van der Waals surface area (Å²) in [4.78, 5) is 44.2. The van der Waals surface area contributed by atoms with Crippen LogP contribution in [0, 0.1) is 17.2 Å². The summed E-state index contributed by atoms with van der Waals surface area (Å²) >= 11 is 0. The zero-order chi connectivity index (χ0) is 33.2. The number of rotatable bonds is 11. The minimum Gasteiger partial charge on any atom is -0.481 e. The summed E-state index contributed by atoms with van der Waals surface area (Å²) < 4.78 is 55.4. The molecule has 11 heteroatoms. The van der Waals surface area contributed by atoms with Crippen LogP contribution in [0.4, 0.5) is 17.6 Å². The Labute approximate surface area is 261 Å². The van der Waals surface area contributed by atoms with Gasteiger partial charge in [0, 0.05) is 17.7 Å². The Hall–Kier alpha value is -3.76. The molecule has 4 rings (SSSR count). The number of carboxylic acid groups (broad SMARTS) is 1. The lowest BCUT2D eigenvalue weighted by Gasteiger charge is -2.48. The molecule has 244 valence electrons. The Balaban J connectivity index is 1.74. The topological polar surface area (TPSA) is 99.1 Å². The summed E-state index contributed by atoms with van der Waals surface area (Å²) in [6, 6.07) is 8.31. The minimum atomic E-state index is -4.80. The molecule has 0 radical (unpaired) electrons. The fraction of sp³-hybridized carbons (Fsp3) is 0.529. The largest absolute Gasteiger partial charge is 0.481 e. The van der Waals surface area contributed by atoms with Crippen molar-refractivity contribution in [3.8, 4) is 0 Å². The number of carbonyl (C=O) groups is 3. The molecule has 45 heavy (non-hydrogen) atoms. The van der Waals surface area contributed by atoms with Crippen molar-refractivity contribution in [2.75, 3.05) is 6.54 Å². The van der Waals surface area contributed by atoms with Gasteiger partial charge in [-0.25, -0.2) is 4.39 Å². The lowest BCUT2D eigenvalue weighted by molar-refractivity contribution is -0.138. The Morgan fingerprint density at radius 3 is 2.29 bits per heavy atom. The number of hydrogen-bond donors (Lipinski definition) is 2. The van der Waals surface area contributed by atoms with Crippen molar-refractivity contribution in [2.24, 2.45) is 16.3 Å². The lowest BCUT2D eigenvalue weighted by atomic mass is 9.67. The first-order valence-electron chi connectivity index (χ1n) is 15.5. The van der Waals surface area contributed by atoms with E-state index >= 15 is 0 Å². The van der Waals surface area contributed by atoms with Crippen molar-refractivity contribution in [1.29, 1.82) is 0 Å². The summed E-state index contributed by atoms with van der Waals surface area (Å²) in [5.74, 6) is -2.73. The summed E-state index contributed by atoms with van der Waals surface area (Å²) in [5, 5.41) is 11.4. The highest BCUT2D eigenvalue weighted by molar-refractivity contribution is 6.46. The highest BCUT2D eigenvalue weighted by Crippen LogP contribution is 2.50. The molecule has 2 aliphatic rings. The van der Waals surface area contributed by atoms with Crippen molar-refractivity contribution in [3.05, 3.63) is 70.5 Å². The third-order valence-corrected chi connectivity index (χ3v) is 9.55. The predicted octanol–water partition coefficient (Wildman–Crippen LogP) is 7.54. The quantitative estimate of drug-likeness (QED) is 0.250. The van der Waals surface area contributed by atoms with Crippen LogP contribution >= 0.6 is 0 Å². The molecule has 1 atom stereocenters. The average molecular weight is 632 g/mol. The van der Waals surface area contributed by atoms with E-state index in [4.69, 9.17) is 10.1 Å². The predicted molar refractivity (Wildman–Crippen MR) is 162 cm³/mol. The Morgan fingerprint density at radius 1 is 1.09 bits per heavy atom. The highest BCUT2D eigenvalue weighted by Gasteiger charge is 2.53. The number of carboxylic acids is 1. The maximum absolute atomic E-state index is 14.5. The van der Waals surface area contributed by atoms with Crippen LogP contribution in [0.2, 0.25) is 0 Å². The highest BCUT2D eigenvalue weighted by atomic mass is 19.4. The second-order valence-electron chi connectivity index (χ2n) is 12.8. The van der Waals surface area contributed by atoms with E-state index in [0.717, 1.165) is 37.0 Å². The number of aliphatic carboxylic acids is 1.